The van der Waals surface area contributed by atoms with Gasteiger partial charge in [-0.2, -0.15) is 0 Å². The van der Waals surface area contributed by atoms with Crippen molar-refractivity contribution in [2.75, 3.05) is 20.0 Å². The maximum absolute atomic E-state index is 5.97. The number of hydrogen-bond acceptors (Lipinski definition) is 4. The average Bonchev–Trinajstić information content (AvgIpc) is 3.24. The second-order valence-electron chi connectivity index (χ2n) is 7.14. The summed E-state index contributed by atoms with van der Waals surface area (Å²) in [4.78, 5) is 3.32. The Morgan fingerprint density at radius 1 is 0.867 bits per heavy atom. The first-order valence-electron chi connectivity index (χ1n) is 9.80. The van der Waals surface area contributed by atoms with Crippen LogP contribution < -0.4 is 20.2 Å². The Labute approximate surface area is 180 Å². The summed E-state index contributed by atoms with van der Waals surface area (Å²) >= 11 is 1.53. The van der Waals surface area contributed by atoms with Crippen LogP contribution in [-0.2, 0) is 6.42 Å². The third-order valence-electron chi connectivity index (χ3n) is 5.27. The molecule has 30 heavy (non-hydrogen) atoms. The van der Waals surface area contributed by atoms with Crippen molar-refractivity contribution in [1.82, 2.24) is 0 Å². The first-order valence-corrected chi connectivity index (χ1v) is 10.7. The summed E-state index contributed by atoms with van der Waals surface area (Å²) in [6.45, 7) is 0. The Kier molecular flexibility index (Phi) is 6.00. The van der Waals surface area contributed by atoms with Crippen molar-refractivity contribution in [3.05, 3.63) is 95.0 Å². The van der Waals surface area contributed by atoms with E-state index in [4.69, 9.17) is 15.2 Å². The summed E-state index contributed by atoms with van der Waals surface area (Å²) in [6, 6.07) is 25.1. The van der Waals surface area contributed by atoms with Crippen LogP contribution in [0.3, 0.4) is 0 Å². The van der Waals surface area contributed by atoms with Gasteiger partial charge in [-0.1, -0.05) is 59.9 Å². The van der Waals surface area contributed by atoms with E-state index in [1.54, 1.807) is 14.2 Å². The number of nitrogens with one attached hydrogen (secondary N) is 1. The number of thiazole rings is 1. The summed E-state index contributed by atoms with van der Waals surface area (Å²) < 4.78 is 10.7. The molecule has 0 spiro atoms. The summed E-state index contributed by atoms with van der Waals surface area (Å²) in [6.07, 6.45) is 0.872. The molecule has 1 aromatic heterocycles. The highest BCUT2D eigenvalue weighted by atomic mass is 32.1. The minimum Gasteiger partial charge on any atom is -0.497 e. The maximum Gasteiger partial charge on any atom is 0.329 e. The lowest BCUT2D eigenvalue weighted by atomic mass is 9.89. The molecule has 4 nitrogen and oxygen atoms in total. The number of ether oxygens (including phenoxy) is 2. The van der Waals surface area contributed by atoms with Gasteiger partial charge in [0.25, 0.3) is 0 Å². The highest BCUT2D eigenvalue weighted by Gasteiger charge is 2.20. The molecular weight excluding hydrogens is 392 g/mol. The number of methoxy groups -OCH3 is 2. The number of aromatic amines is 1. The van der Waals surface area contributed by atoms with E-state index in [-0.39, 0.29) is 5.92 Å². The third kappa shape index (κ3) is 4.47. The SMILES string of the molecule is COc1ccc([C@H](Cc2ccc(-c3cccc(OC)c3)cc2)c2csc(N)[nH+]2)cc1. The van der Waals surface area contributed by atoms with Gasteiger partial charge in [0, 0.05) is 5.38 Å². The highest BCUT2D eigenvalue weighted by Crippen LogP contribution is 2.31. The molecule has 0 aliphatic rings. The molecule has 0 saturated heterocycles. The molecule has 4 rings (SSSR count). The zero-order chi connectivity index (χ0) is 20.9. The number of rotatable bonds is 7. The van der Waals surface area contributed by atoms with Gasteiger partial charge in [0.2, 0.25) is 0 Å². The highest BCUT2D eigenvalue weighted by molar-refractivity contribution is 7.13. The van der Waals surface area contributed by atoms with Crippen LogP contribution in [0, 0.1) is 0 Å². The number of nitrogens with two attached hydrogens (primary N) is 1. The van der Waals surface area contributed by atoms with Crippen LogP contribution in [0.5, 0.6) is 11.5 Å². The Morgan fingerprint density at radius 2 is 1.60 bits per heavy atom. The normalized spacial score (nSPS) is 11.8. The first-order chi connectivity index (χ1) is 14.7. The molecule has 0 saturated carbocycles. The van der Waals surface area contributed by atoms with Crippen molar-refractivity contribution in [3.63, 3.8) is 0 Å². The fraction of sp³-hybridized carbons (Fsp3) is 0.160. The number of nitrogen functional groups attached to an aromatic ring is 1. The van der Waals surface area contributed by atoms with E-state index in [2.05, 4.69) is 58.9 Å². The van der Waals surface area contributed by atoms with Gasteiger partial charge in [0.15, 0.2) is 0 Å². The molecule has 0 aliphatic carbocycles. The fourth-order valence-corrected chi connectivity index (χ4v) is 4.27. The summed E-state index contributed by atoms with van der Waals surface area (Å²) in [5.74, 6) is 1.91. The monoisotopic (exact) mass is 417 g/mol. The van der Waals surface area contributed by atoms with E-state index in [1.165, 1.54) is 28.0 Å². The van der Waals surface area contributed by atoms with Crippen molar-refractivity contribution in [2.45, 2.75) is 12.3 Å². The molecule has 0 bridgehead atoms. The second kappa shape index (κ2) is 9.01. The van der Waals surface area contributed by atoms with Gasteiger partial charge in [-0.15, -0.1) is 0 Å². The molecule has 0 amide bonds. The molecule has 0 aliphatic heterocycles. The van der Waals surface area contributed by atoms with Crippen molar-refractivity contribution >= 4 is 16.5 Å². The third-order valence-corrected chi connectivity index (χ3v) is 6.00. The Morgan fingerprint density at radius 3 is 2.23 bits per heavy atom. The smallest absolute Gasteiger partial charge is 0.329 e. The van der Waals surface area contributed by atoms with E-state index in [1.807, 2.05) is 24.3 Å². The maximum atomic E-state index is 5.97. The van der Waals surface area contributed by atoms with Crippen LogP contribution in [0.1, 0.15) is 22.7 Å². The van der Waals surface area contributed by atoms with Gasteiger partial charge in [-0.3, -0.25) is 5.73 Å². The molecule has 0 radical (unpaired) electrons. The predicted molar refractivity (Wildman–Crippen MR) is 122 cm³/mol. The molecule has 4 aromatic rings. The minimum absolute atomic E-state index is 0.187. The largest absolute Gasteiger partial charge is 0.497 e. The van der Waals surface area contributed by atoms with Crippen LogP contribution >= 0.6 is 11.3 Å². The number of hydrogen-bond donors (Lipinski definition) is 1. The summed E-state index contributed by atoms with van der Waals surface area (Å²) in [5.41, 5.74) is 11.9. The molecule has 152 valence electrons. The van der Waals surface area contributed by atoms with Gasteiger partial charge in [0.05, 0.1) is 20.1 Å². The number of aromatic nitrogens is 1. The molecule has 0 fully saturated rings. The van der Waals surface area contributed by atoms with E-state index in [9.17, 15) is 0 Å². The Bertz CT molecular complexity index is 1100. The van der Waals surface area contributed by atoms with Crippen LogP contribution in [-0.4, -0.2) is 14.2 Å². The molecule has 3 aromatic carbocycles. The van der Waals surface area contributed by atoms with Gasteiger partial charge in [-0.25, -0.2) is 4.98 Å². The topological polar surface area (TPSA) is 58.6 Å². The Hall–Kier alpha value is -3.31. The van der Waals surface area contributed by atoms with E-state index >= 15 is 0 Å². The molecule has 3 N–H and O–H groups in total. The van der Waals surface area contributed by atoms with Crippen LogP contribution in [0.15, 0.2) is 78.2 Å². The lowest BCUT2D eigenvalue weighted by molar-refractivity contribution is -0.368. The second-order valence-corrected chi connectivity index (χ2v) is 8.05. The van der Waals surface area contributed by atoms with Crippen molar-refractivity contribution in [2.24, 2.45) is 0 Å². The fourth-order valence-electron chi connectivity index (χ4n) is 3.61. The molecule has 1 atom stereocenters. The standard InChI is InChI=1S/C25H24N2O2S/c1-28-21-12-10-19(11-13-21)23(24-16-30-25(26)27-24)14-17-6-8-18(9-7-17)20-4-3-5-22(15-20)29-2/h3-13,15-16,23H,14H2,1-2H3,(H2,26,27)/p+1/t23-/m0/s1. The van der Waals surface area contributed by atoms with E-state index in [0.29, 0.717) is 0 Å². The van der Waals surface area contributed by atoms with Crippen LogP contribution in [0.4, 0.5) is 5.13 Å². The van der Waals surface area contributed by atoms with E-state index in [0.717, 1.165) is 34.3 Å². The number of benzene rings is 3. The van der Waals surface area contributed by atoms with Crippen LogP contribution in [0.25, 0.3) is 11.1 Å². The minimum atomic E-state index is 0.187. The number of anilines is 1. The summed E-state index contributed by atoms with van der Waals surface area (Å²) in [7, 11) is 3.37. The lowest BCUT2D eigenvalue weighted by Gasteiger charge is -2.15. The van der Waals surface area contributed by atoms with E-state index < -0.39 is 0 Å². The molecular formula is C25H25N2O2S+. The van der Waals surface area contributed by atoms with Crippen molar-refractivity contribution in [1.29, 1.82) is 0 Å². The zero-order valence-electron chi connectivity index (χ0n) is 17.1. The summed E-state index contributed by atoms with van der Waals surface area (Å²) in [5, 5.41) is 2.83. The predicted octanol–water partition coefficient (Wildman–Crippen LogP) is 5.20. The van der Waals surface area contributed by atoms with Crippen molar-refractivity contribution < 1.29 is 14.5 Å². The Balaban J connectivity index is 1.60. The van der Waals surface area contributed by atoms with Crippen LogP contribution in [0.2, 0.25) is 0 Å². The number of H-pyrrole nitrogens is 1. The zero-order valence-corrected chi connectivity index (χ0v) is 17.9. The quantitative estimate of drug-likeness (QED) is 0.449. The van der Waals surface area contributed by atoms with Gasteiger partial charge in [0.1, 0.15) is 17.2 Å². The molecule has 5 heteroatoms. The molecule has 1 heterocycles. The average molecular weight is 418 g/mol. The van der Waals surface area contributed by atoms with Gasteiger partial charge < -0.3 is 9.47 Å². The first kappa shape index (κ1) is 20.0. The van der Waals surface area contributed by atoms with Gasteiger partial charge >= 0.3 is 5.13 Å². The lowest BCUT2D eigenvalue weighted by Crippen LogP contribution is -2.17. The van der Waals surface area contributed by atoms with Crippen molar-refractivity contribution in [3.8, 4) is 22.6 Å². The van der Waals surface area contributed by atoms with Gasteiger partial charge in [-0.05, 0) is 52.9 Å². The molecule has 0 unspecified atom stereocenters.